The summed E-state index contributed by atoms with van der Waals surface area (Å²) < 4.78 is 5.19. The van der Waals surface area contributed by atoms with Crippen LogP contribution in [0.1, 0.15) is 34.1 Å². The molecule has 1 atom stereocenters. The Kier molecular flexibility index (Phi) is 6.52. The molecular formula is C11H20BrNO4. The van der Waals surface area contributed by atoms with Gasteiger partial charge in [-0.1, -0.05) is 22.9 Å². The maximum absolute atomic E-state index is 11.9. The Morgan fingerprint density at radius 3 is 2.24 bits per heavy atom. The van der Waals surface area contributed by atoms with Gasteiger partial charge in [0.05, 0.1) is 0 Å². The van der Waals surface area contributed by atoms with Gasteiger partial charge in [-0.2, -0.15) is 0 Å². The van der Waals surface area contributed by atoms with E-state index in [9.17, 15) is 9.59 Å². The molecule has 0 rings (SSSR count). The van der Waals surface area contributed by atoms with Crippen LogP contribution < -0.4 is 0 Å². The lowest BCUT2D eigenvalue weighted by Crippen LogP contribution is -2.47. The molecule has 0 aliphatic heterocycles. The van der Waals surface area contributed by atoms with Crippen molar-refractivity contribution in [1.82, 2.24) is 4.90 Å². The molecule has 0 fully saturated rings. The number of hydrogen-bond donors (Lipinski definition) is 1. The SMILES string of the molecule is CC[C@@H](C(=O)O)N(CCBr)C(=O)OC(C)(C)C. The van der Waals surface area contributed by atoms with Gasteiger partial charge < -0.3 is 9.84 Å². The highest BCUT2D eigenvalue weighted by molar-refractivity contribution is 9.09. The van der Waals surface area contributed by atoms with Gasteiger partial charge in [0.25, 0.3) is 0 Å². The van der Waals surface area contributed by atoms with Gasteiger partial charge in [-0.15, -0.1) is 0 Å². The molecule has 0 saturated heterocycles. The van der Waals surface area contributed by atoms with Crippen LogP contribution >= 0.6 is 15.9 Å². The van der Waals surface area contributed by atoms with E-state index in [1.165, 1.54) is 4.90 Å². The number of carbonyl (C=O) groups excluding carboxylic acids is 1. The van der Waals surface area contributed by atoms with Gasteiger partial charge in [0.2, 0.25) is 0 Å². The zero-order valence-electron chi connectivity index (χ0n) is 10.7. The molecule has 0 aliphatic rings. The van der Waals surface area contributed by atoms with E-state index < -0.39 is 23.7 Å². The lowest BCUT2D eigenvalue weighted by molar-refractivity contribution is -0.143. The first-order chi connectivity index (χ1) is 7.72. The van der Waals surface area contributed by atoms with Gasteiger partial charge >= 0.3 is 12.1 Å². The predicted octanol–water partition coefficient (Wildman–Crippen LogP) is 2.48. The summed E-state index contributed by atoms with van der Waals surface area (Å²) in [7, 11) is 0. The highest BCUT2D eigenvalue weighted by atomic mass is 79.9. The first kappa shape index (κ1) is 16.2. The van der Waals surface area contributed by atoms with Gasteiger partial charge in [-0.3, -0.25) is 4.90 Å². The maximum Gasteiger partial charge on any atom is 0.411 e. The molecule has 1 N–H and O–H groups in total. The number of amides is 1. The normalized spacial score (nSPS) is 13.0. The molecule has 0 radical (unpaired) electrons. The summed E-state index contributed by atoms with van der Waals surface area (Å²) in [6.45, 7) is 7.28. The molecule has 0 unspecified atom stereocenters. The number of hydrogen-bond acceptors (Lipinski definition) is 3. The standard InChI is InChI=1S/C11H20BrNO4/c1-5-8(9(14)15)13(7-6-12)10(16)17-11(2,3)4/h8H,5-7H2,1-4H3,(H,14,15)/t8-/m0/s1. The van der Waals surface area contributed by atoms with E-state index in [1.54, 1.807) is 27.7 Å². The number of nitrogens with zero attached hydrogens (tertiary/aromatic N) is 1. The topological polar surface area (TPSA) is 66.8 Å². The summed E-state index contributed by atoms with van der Waals surface area (Å²) in [6, 6.07) is -0.845. The van der Waals surface area contributed by atoms with Crippen molar-refractivity contribution in [1.29, 1.82) is 0 Å². The third kappa shape index (κ3) is 5.91. The van der Waals surface area contributed by atoms with Crippen molar-refractivity contribution in [2.24, 2.45) is 0 Å². The van der Waals surface area contributed by atoms with E-state index in [0.29, 0.717) is 18.3 Å². The fraction of sp³-hybridized carbons (Fsp3) is 0.818. The summed E-state index contributed by atoms with van der Waals surface area (Å²) in [5.74, 6) is -1.01. The third-order valence-electron chi connectivity index (χ3n) is 2.00. The Bertz CT molecular complexity index is 275. The molecular weight excluding hydrogens is 290 g/mol. The first-order valence-corrected chi connectivity index (χ1v) is 6.63. The molecule has 17 heavy (non-hydrogen) atoms. The quantitative estimate of drug-likeness (QED) is 0.792. The molecule has 0 aliphatic carbocycles. The Labute approximate surface area is 110 Å². The van der Waals surface area contributed by atoms with E-state index >= 15 is 0 Å². The first-order valence-electron chi connectivity index (χ1n) is 5.51. The number of alkyl halides is 1. The summed E-state index contributed by atoms with van der Waals surface area (Å²) >= 11 is 3.20. The zero-order valence-corrected chi connectivity index (χ0v) is 12.3. The molecule has 0 heterocycles. The van der Waals surface area contributed by atoms with Gasteiger partial charge in [-0.05, 0) is 27.2 Å². The number of aliphatic carboxylic acids is 1. The van der Waals surface area contributed by atoms with Gasteiger partial charge in [0.15, 0.2) is 0 Å². The Morgan fingerprint density at radius 1 is 1.41 bits per heavy atom. The highest BCUT2D eigenvalue weighted by Crippen LogP contribution is 2.14. The number of carboxylic acid groups (broad SMARTS) is 1. The lowest BCUT2D eigenvalue weighted by atomic mass is 10.2. The second-order valence-electron chi connectivity index (χ2n) is 4.63. The van der Waals surface area contributed by atoms with Crippen LogP contribution in [0.4, 0.5) is 4.79 Å². The van der Waals surface area contributed by atoms with Gasteiger partial charge in [-0.25, -0.2) is 9.59 Å². The maximum atomic E-state index is 11.9. The molecule has 0 saturated carbocycles. The zero-order chi connectivity index (χ0) is 13.6. The predicted molar refractivity (Wildman–Crippen MR) is 68.4 cm³/mol. The van der Waals surface area contributed by atoms with Crippen molar-refractivity contribution < 1.29 is 19.4 Å². The third-order valence-corrected chi connectivity index (χ3v) is 2.36. The lowest BCUT2D eigenvalue weighted by Gasteiger charge is -2.30. The summed E-state index contributed by atoms with van der Waals surface area (Å²) in [5.41, 5.74) is -0.627. The molecule has 0 aromatic carbocycles. The molecule has 0 aromatic heterocycles. The van der Waals surface area contributed by atoms with Crippen LogP contribution in [-0.2, 0) is 9.53 Å². The van der Waals surface area contributed by atoms with E-state index in [0.717, 1.165) is 0 Å². The highest BCUT2D eigenvalue weighted by Gasteiger charge is 2.31. The number of carboxylic acids is 1. The monoisotopic (exact) mass is 309 g/mol. The van der Waals surface area contributed by atoms with Crippen molar-refractivity contribution >= 4 is 28.0 Å². The Balaban J connectivity index is 4.82. The molecule has 0 bridgehead atoms. The van der Waals surface area contributed by atoms with Crippen LogP contribution in [0, 0.1) is 0 Å². The van der Waals surface area contributed by atoms with Crippen LogP contribution in [0.2, 0.25) is 0 Å². The van der Waals surface area contributed by atoms with Gasteiger partial charge in [0.1, 0.15) is 11.6 Å². The molecule has 0 spiro atoms. The summed E-state index contributed by atoms with van der Waals surface area (Å²) in [6.07, 6.45) is -0.243. The van der Waals surface area contributed by atoms with Crippen molar-refractivity contribution in [2.75, 3.05) is 11.9 Å². The fourth-order valence-electron chi connectivity index (χ4n) is 1.31. The van der Waals surface area contributed by atoms with Crippen LogP contribution in [0.15, 0.2) is 0 Å². The Hall–Kier alpha value is -0.780. The minimum absolute atomic E-state index is 0.305. The molecule has 5 nitrogen and oxygen atoms in total. The smallest absolute Gasteiger partial charge is 0.411 e. The van der Waals surface area contributed by atoms with E-state index in [4.69, 9.17) is 9.84 Å². The molecule has 100 valence electrons. The van der Waals surface area contributed by atoms with Crippen LogP contribution in [0.25, 0.3) is 0 Å². The van der Waals surface area contributed by atoms with E-state index in [2.05, 4.69) is 15.9 Å². The summed E-state index contributed by atoms with van der Waals surface area (Å²) in [4.78, 5) is 24.2. The van der Waals surface area contributed by atoms with Crippen molar-refractivity contribution in [3.8, 4) is 0 Å². The summed E-state index contributed by atoms with van der Waals surface area (Å²) in [5, 5.41) is 9.56. The van der Waals surface area contributed by atoms with Crippen LogP contribution in [0.5, 0.6) is 0 Å². The largest absolute Gasteiger partial charge is 0.480 e. The number of rotatable bonds is 5. The van der Waals surface area contributed by atoms with E-state index in [1.807, 2.05) is 0 Å². The van der Waals surface area contributed by atoms with Crippen molar-refractivity contribution in [2.45, 2.75) is 45.8 Å². The van der Waals surface area contributed by atoms with Crippen LogP contribution in [0.3, 0.4) is 0 Å². The number of halogens is 1. The van der Waals surface area contributed by atoms with Gasteiger partial charge in [0, 0.05) is 11.9 Å². The second kappa shape index (κ2) is 6.83. The minimum atomic E-state index is -1.01. The minimum Gasteiger partial charge on any atom is -0.480 e. The number of carbonyl (C=O) groups is 2. The number of ether oxygens (including phenoxy) is 1. The average Bonchev–Trinajstić information content (AvgIpc) is 2.14. The average molecular weight is 310 g/mol. The fourth-order valence-corrected chi connectivity index (χ4v) is 1.70. The van der Waals surface area contributed by atoms with Crippen LogP contribution in [-0.4, -0.2) is 45.6 Å². The molecule has 6 heteroatoms. The van der Waals surface area contributed by atoms with Crippen molar-refractivity contribution in [3.05, 3.63) is 0 Å². The molecule has 0 aromatic rings. The van der Waals surface area contributed by atoms with E-state index in [-0.39, 0.29) is 0 Å². The second-order valence-corrected chi connectivity index (χ2v) is 5.42. The van der Waals surface area contributed by atoms with Crippen molar-refractivity contribution in [3.63, 3.8) is 0 Å². The molecule has 1 amide bonds. The Morgan fingerprint density at radius 2 is 1.94 bits per heavy atom.